The number of carbonyl (C=O) groups is 1. The van der Waals surface area contributed by atoms with Crippen LogP contribution in [0.4, 0.5) is 5.69 Å². The summed E-state index contributed by atoms with van der Waals surface area (Å²) in [5.41, 5.74) is 2.23. The highest BCUT2D eigenvalue weighted by Crippen LogP contribution is 2.21. The van der Waals surface area contributed by atoms with Crippen LogP contribution in [-0.2, 0) is 10.0 Å². The molecule has 0 atom stereocenters. The van der Waals surface area contributed by atoms with Crippen molar-refractivity contribution in [2.24, 2.45) is 0 Å². The maximum Gasteiger partial charge on any atom is 0.258 e. The van der Waals surface area contributed by atoms with Crippen LogP contribution in [0.15, 0.2) is 53.4 Å². The quantitative estimate of drug-likeness (QED) is 0.807. The van der Waals surface area contributed by atoms with Crippen LogP contribution >= 0.6 is 0 Å². The van der Waals surface area contributed by atoms with E-state index < -0.39 is 10.0 Å². The molecule has 2 aromatic rings. The van der Waals surface area contributed by atoms with E-state index >= 15 is 0 Å². The van der Waals surface area contributed by atoms with Gasteiger partial charge in [0.25, 0.3) is 5.91 Å². The number of aryl methyl sites for hydroxylation is 1. The molecule has 0 spiro atoms. The number of hydrogen-bond donors (Lipinski definition) is 0. The summed E-state index contributed by atoms with van der Waals surface area (Å²) in [6.07, 6.45) is 0. The minimum atomic E-state index is -3.60. The first-order valence-corrected chi connectivity index (χ1v) is 10.4. The molecule has 0 unspecified atom stereocenters. The number of hydrogen-bond acceptors (Lipinski definition) is 4. The van der Waals surface area contributed by atoms with Gasteiger partial charge in [-0.2, -0.15) is 4.31 Å². The second-order valence-electron chi connectivity index (χ2n) is 6.93. The van der Waals surface area contributed by atoms with Gasteiger partial charge >= 0.3 is 0 Å². The molecular formula is C20H25N3O3S. The molecule has 1 saturated heterocycles. The number of nitrogens with zero attached hydrogens (tertiary/aromatic N) is 3. The first-order valence-electron chi connectivity index (χ1n) is 8.92. The number of piperazine rings is 1. The number of benzene rings is 2. The fraction of sp³-hybridized carbons (Fsp3) is 0.350. The second kappa shape index (κ2) is 7.80. The van der Waals surface area contributed by atoms with Gasteiger partial charge < -0.3 is 9.80 Å². The number of sulfonamides is 1. The molecular weight excluding hydrogens is 362 g/mol. The van der Waals surface area contributed by atoms with Gasteiger partial charge in [-0.3, -0.25) is 4.79 Å². The van der Waals surface area contributed by atoms with Crippen LogP contribution in [0.3, 0.4) is 0 Å². The Morgan fingerprint density at radius 1 is 1.00 bits per heavy atom. The van der Waals surface area contributed by atoms with E-state index in [1.807, 2.05) is 38.2 Å². The summed E-state index contributed by atoms with van der Waals surface area (Å²) >= 11 is 0. The Balaban J connectivity index is 1.84. The molecule has 6 nitrogen and oxygen atoms in total. The molecule has 1 fully saturated rings. The lowest BCUT2D eigenvalue weighted by Gasteiger charge is -2.31. The molecule has 1 aliphatic heterocycles. The summed E-state index contributed by atoms with van der Waals surface area (Å²) < 4.78 is 27.3. The Morgan fingerprint density at radius 3 is 2.26 bits per heavy atom. The van der Waals surface area contributed by atoms with Crippen LogP contribution in [0.1, 0.15) is 15.9 Å². The monoisotopic (exact) mass is 387 g/mol. The van der Waals surface area contributed by atoms with Crippen molar-refractivity contribution in [2.45, 2.75) is 11.8 Å². The minimum Gasteiger partial charge on any atom is -0.311 e. The van der Waals surface area contributed by atoms with Crippen molar-refractivity contribution < 1.29 is 13.2 Å². The van der Waals surface area contributed by atoms with E-state index in [-0.39, 0.29) is 10.8 Å². The van der Waals surface area contributed by atoms with E-state index in [0.717, 1.165) is 11.3 Å². The van der Waals surface area contributed by atoms with Crippen molar-refractivity contribution >= 4 is 21.6 Å². The first kappa shape index (κ1) is 19.5. The Kier molecular flexibility index (Phi) is 5.64. The van der Waals surface area contributed by atoms with Gasteiger partial charge in [0.15, 0.2) is 0 Å². The van der Waals surface area contributed by atoms with Crippen molar-refractivity contribution in [1.82, 2.24) is 9.21 Å². The fourth-order valence-corrected chi connectivity index (χ4v) is 4.51. The summed E-state index contributed by atoms with van der Waals surface area (Å²) in [5, 5.41) is 0. The molecule has 1 heterocycles. The third-order valence-electron chi connectivity index (χ3n) is 4.91. The predicted molar refractivity (Wildman–Crippen MR) is 107 cm³/mol. The van der Waals surface area contributed by atoms with E-state index in [2.05, 4.69) is 4.90 Å². The molecule has 1 aliphatic rings. The zero-order chi connectivity index (χ0) is 19.6. The topological polar surface area (TPSA) is 60.9 Å². The van der Waals surface area contributed by atoms with E-state index in [4.69, 9.17) is 0 Å². The lowest BCUT2D eigenvalue weighted by Crippen LogP contribution is -2.47. The normalized spacial score (nSPS) is 16.3. The fourth-order valence-electron chi connectivity index (χ4n) is 3.05. The average molecular weight is 388 g/mol. The van der Waals surface area contributed by atoms with Gasteiger partial charge in [0, 0.05) is 44.5 Å². The summed E-state index contributed by atoms with van der Waals surface area (Å²) in [6, 6.07) is 13.9. The van der Waals surface area contributed by atoms with Crippen LogP contribution in [0.2, 0.25) is 0 Å². The highest BCUT2D eigenvalue weighted by atomic mass is 32.2. The lowest BCUT2D eigenvalue weighted by molar-refractivity contribution is 0.0993. The average Bonchev–Trinajstić information content (AvgIpc) is 2.68. The second-order valence-corrected chi connectivity index (χ2v) is 8.87. The van der Waals surface area contributed by atoms with E-state index in [0.29, 0.717) is 31.7 Å². The van der Waals surface area contributed by atoms with E-state index in [1.165, 1.54) is 15.3 Å². The first-order chi connectivity index (χ1) is 12.8. The van der Waals surface area contributed by atoms with Gasteiger partial charge in [0.2, 0.25) is 10.0 Å². The molecule has 3 rings (SSSR count). The predicted octanol–water partition coefficient (Wildman–Crippen LogP) is 2.21. The van der Waals surface area contributed by atoms with Crippen LogP contribution in [0.25, 0.3) is 0 Å². The highest BCUT2D eigenvalue weighted by Gasteiger charge is 2.28. The van der Waals surface area contributed by atoms with E-state index in [1.54, 1.807) is 25.2 Å². The Bertz CT molecular complexity index is 918. The SMILES string of the molecule is Cc1ccc(N(C)C(=O)c2cccc(S(=O)(=O)N3CCN(C)CC3)c2)cc1. The summed E-state index contributed by atoms with van der Waals surface area (Å²) in [6.45, 7) is 4.31. The molecule has 144 valence electrons. The zero-order valence-electron chi connectivity index (χ0n) is 15.9. The Hall–Kier alpha value is -2.22. The van der Waals surface area contributed by atoms with Crippen LogP contribution in [-0.4, -0.2) is 63.8 Å². The van der Waals surface area contributed by atoms with Crippen LogP contribution < -0.4 is 4.90 Å². The number of rotatable bonds is 4. The maximum atomic E-state index is 12.9. The molecule has 0 aliphatic carbocycles. The summed E-state index contributed by atoms with van der Waals surface area (Å²) in [4.78, 5) is 16.6. The van der Waals surface area contributed by atoms with Crippen LogP contribution in [0, 0.1) is 6.92 Å². The maximum absolute atomic E-state index is 12.9. The van der Waals surface area contributed by atoms with Crippen molar-refractivity contribution in [1.29, 1.82) is 0 Å². The molecule has 0 bridgehead atoms. The van der Waals surface area contributed by atoms with Gasteiger partial charge in [0.05, 0.1) is 4.90 Å². The van der Waals surface area contributed by atoms with Crippen molar-refractivity contribution in [3.8, 4) is 0 Å². The molecule has 0 radical (unpaired) electrons. The third kappa shape index (κ3) is 4.21. The highest BCUT2D eigenvalue weighted by molar-refractivity contribution is 7.89. The molecule has 7 heteroatoms. The van der Waals surface area contributed by atoms with Crippen molar-refractivity contribution in [3.05, 3.63) is 59.7 Å². The van der Waals surface area contributed by atoms with Gasteiger partial charge in [0.1, 0.15) is 0 Å². The van der Waals surface area contributed by atoms with Crippen molar-refractivity contribution in [2.75, 3.05) is 45.2 Å². The summed E-state index contributed by atoms with van der Waals surface area (Å²) in [5.74, 6) is -0.241. The standard InChI is InChI=1S/C20H25N3O3S/c1-16-7-9-18(10-8-16)22(3)20(24)17-5-4-6-19(15-17)27(25,26)23-13-11-21(2)12-14-23/h4-10,15H,11-14H2,1-3H3. The molecule has 27 heavy (non-hydrogen) atoms. The van der Waals surface area contributed by atoms with Gasteiger partial charge in [-0.25, -0.2) is 8.42 Å². The zero-order valence-corrected chi connectivity index (χ0v) is 16.7. The number of anilines is 1. The van der Waals surface area contributed by atoms with Gasteiger partial charge in [-0.15, -0.1) is 0 Å². The minimum absolute atomic E-state index is 0.162. The Labute approximate surface area is 161 Å². The largest absolute Gasteiger partial charge is 0.311 e. The molecule has 1 amide bonds. The third-order valence-corrected chi connectivity index (χ3v) is 6.80. The molecule has 2 aromatic carbocycles. The van der Waals surface area contributed by atoms with Crippen LogP contribution in [0.5, 0.6) is 0 Å². The molecule has 0 aromatic heterocycles. The summed E-state index contributed by atoms with van der Waals surface area (Å²) in [7, 11) is 0.0640. The van der Waals surface area contributed by atoms with Gasteiger partial charge in [-0.05, 0) is 44.3 Å². The Morgan fingerprint density at radius 2 is 1.63 bits per heavy atom. The van der Waals surface area contributed by atoms with Crippen molar-refractivity contribution in [3.63, 3.8) is 0 Å². The van der Waals surface area contributed by atoms with E-state index in [9.17, 15) is 13.2 Å². The van der Waals surface area contributed by atoms with Gasteiger partial charge in [-0.1, -0.05) is 23.8 Å². The number of amides is 1. The molecule has 0 N–H and O–H groups in total. The number of carbonyl (C=O) groups excluding carboxylic acids is 1. The smallest absolute Gasteiger partial charge is 0.258 e. The number of likely N-dealkylation sites (N-methyl/N-ethyl adjacent to an activating group) is 1. The molecule has 0 saturated carbocycles. The lowest BCUT2D eigenvalue weighted by atomic mass is 10.1.